The summed E-state index contributed by atoms with van der Waals surface area (Å²) in [7, 11) is 1.61. The minimum Gasteiger partial charge on any atom is -0.478 e. The Morgan fingerprint density at radius 2 is 1.53 bits per heavy atom. The number of likely N-dealkylation sites (N-methyl/N-ethyl adjacent to an activating group) is 1. The highest BCUT2D eigenvalue weighted by Crippen LogP contribution is 2.34. The standard InChI is InChI=1S/C23H16N2O6S/c1-25-20(26)19(32-23(25)24-16-8-6-15(7-9-16)22(29)30)12-17-10-11-18(31-17)13-2-4-14(5-3-13)21(27)28/h2-12H,1H3,(H,27,28)(H,29,30). The van der Waals surface area contributed by atoms with Gasteiger partial charge in [-0.1, -0.05) is 12.1 Å². The van der Waals surface area contributed by atoms with Crippen molar-refractivity contribution in [3.8, 4) is 11.3 Å². The highest BCUT2D eigenvalue weighted by molar-refractivity contribution is 8.18. The number of aliphatic imine (C=N–C) groups is 1. The first-order valence-corrected chi connectivity index (χ1v) is 10.2. The fourth-order valence-corrected chi connectivity index (χ4v) is 3.90. The molecule has 1 aliphatic rings. The van der Waals surface area contributed by atoms with E-state index in [0.29, 0.717) is 32.8 Å². The zero-order valence-electron chi connectivity index (χ0n) is 16.7. The van der Waals surface area contributed by atoms with E-state index in [0.717, 1.165) is 0 Å². The number of amides is 1. The second-order valence-corrected chi connectivity index (χ2v) is 7.81. The molecular weight excluding hydrogens is 432 g/mol. The molecule has 0 spiro atoms. The SMILES string of the molecule is CN1C(=O)C(=Cc2ccc(-c3ccc(C(=O)O)cc3)o2)SC1=Nc1ccc(C(=O)O)cc1. The molecule has 0 bridgehead atoms. The summed E-state index contributed by atoms with van der Waals surface area (Å²) in [6, 6.07) is 15.8. The van der Waals surface area contributed by atoms with Crippen LogP contribution in [-0.2, 0) is 4.79 Å². The smallest absolute Gasteiger partial charge is 0.335 e. The van der Waals surface area contributed by atoms with Crippen LogP contribution in [0.3, 0.4) is 0 Å². The Hall–Kier alpha value is -4.11. The molecule has 4 rings (SSSR count). The third kappa shape index (κ3) is 4.33. The number of carboxylic acid groups (broad SMARTS) is 2. The van der Waals surface area contributed by atoms with Crippen LogP contribution in [0.15, 0.2) is 75.0 Å². The lowest BCUT2D eigenvalue weighted by Crippen LogP contribution is -2.23. The van der Waals surface area contributed by atoms with Crippen molar-refractivity contribution < 1.29 is 29.0 Å². The van der Waals surface area contributed by atoms with Crippen LogP contribution in [-0.4, -0.2) is 45.2 Å². The van der Waals surface area contributed by atoms with E-state index in [9.17, 15) is 14.4 Å². The number of hydrogen-bond acceptors (Lipinski definition) is 6. The highest BCUT2D eigenvalue weighted by atomic mass is 32.2. The molecule has 0 unspecified atom stereocenters. The normalized spacial score (nSPS) is 16.2. The lowest BCUT2D eigenvalue weighted by molar-refractivity contribution is -0.121. The van der Waals surface area contributed by atoms with Gasteiger partial charge in [0.1, 0.15) is 11.5 Å². The van der Waals surface area contributed by atoms with Crippen LogP contribution in [0.4, 0.5) is 5.69 Å². The van der Waals surface area contributed by atoms with Crippen molar-refractivity contribution in [2.75, 3.05) is 7.05 Å². The predicted octanol–water partition coefficient (Wildman–Crippen LogP) is 4.58. The number of nitrogens with zero attached hydrogens (tertiary/aromatic N) is 2. The van der Waals surface area contributed by atoms with E-state index in [4.69, 9.17) is 14.6 Å². The molecular formula is C23H16N2O6S. The Kier molecular flexibility index (Phi) is 5.65. The minimum absolute atomic E-state index is 0.157. The average Bonchev–Trinajstić information content (AvgIpc) is 3.35. The van der Waals surface area contributed by atoms with Gasteiger partial charge in [-0.15, -0.1) is 0 Å². The molecule has 2 N–H and O–H groups in total. The molecule has 3 aromatic rings. The average molecular weight is 448 g/mol. The summed E-state index contributed by atoms with van der Waals surface area (Å²) in [5.41, 5.74) is 1.59. The van der Waals surface area contributed by atoms with Crippen LogP contribution in [0.1, 0.15) is 26.5 Å². The molecule has 0 aliphatic carbocycles. The summed E-state index contributed by atoms with van der Waals surface area (Å²) in [5, 5.41) is 18.4. The van der Waals surface area contributed by atoms with E-state index in [1.165, 1.54) is 40.9 Å². The number of furan rings is 1. The molecule has 1 fully saturated rings. The van der Waals surface area contributed by atoms with Crippen molar-refractivity contribution in [2.45, 2.75) is 0 Å². The zero-order chi connectivity index (χ0) is 22.8. The Morgan fingerprint density at radius 1 is 0.938 bits per heavy atom. The number of benzene rings is 2. The molecule has 0 atom stereocenters. The molecule has 1 amide bonds. The largest absolute Gasteiger partial charge is 0.478 e. The number of hydrogen-bond donors (Lipinski definition) is 2. The molecule has 8 nitrogen and oxygen atoms in total. The number of carbonyl (C=O) groups excluding carboxylic acids is 1. The lowest BCUT2D eigenvalue weighted by Gasteiger charge is -2.07. The highest BCUT2D eigenvalue weighted by Gasteiger charge is 2.30. The van der Waals surface area contributed by atoms with Crippen LogP contribution in [0.5, 0.6) is 0 Å². The zero-order valence-corrected chi connectivity index (χ0v) is 17.5. The molecule has 1 saturated heterocycles. The van der Waals surface area contributed by atoms with Gasteiger partial charge in [0.25, 0.3) is 5.91 Å². The maximum atomic E-state index is 12.6. The summed E-state index contributed by atoms with van der Waals surface area (Å²) < 4.78 is 5.80. The fourth-order valence-electron chi connectivity index (χ4n) is 2.93. The maximum absolute atomic E-state index is 12.6. The number of rotatable bonds is 5. The molecule has 1 aromatic heterocycles. The summed E-state index contributed by atoms with van der Waals surface area (Å²) in [5.74, 6) is -1.24. The van der Waals surface area contributed by atoms with Crippen molar-refractivity contribution in [1.29, 1.82) is 0 Å². The number of thioether (sulfide) groups is 1. The van der Waals surface area contributed by atoms with E-state index in [-0.39, 0.29) is 17.0 Å². The van der Waals surface area contributed by atoms with E-state index >= 15 is 0 Å². The molecule has 2 aromatic carbocycles. The van der Waals surface area contributed by atoms with E-state index in [2.05, 4.69) is 4.99 Å². The van der Waals surface area contributed by atoms with Gasteiger partial charge in [-0.25, -0.2) is 14.6 Å². The monoisotopic (exact) mass is 448 g/mol. The van der Waals surface area contributed by atoms with Crippen LogP contribution < -0.4 is 0 Å². The Morgan fingerprint density at radius 3 is 2.12 bits per heavy atom. The second kappa shape index (κ2) is 8.56. The topological polar surface area (TPSA) is 120 Å². The van der Waals surface area contributed by atoms with Gasteiger partial charge in [0, 0.05) is 18.7 Å². The summed E-state index contributed by atoms with van der Waals surface area (Å²) in [6.07, 6.45) is 1.62. The first kappa shape index (κ1) is 21.1. The van der Waals surface area contributed by atoms with Crippen LogP contribution in [0, 0.1) is 0 Å². The van der Waals surface area contributed by atoms with E-state index in [1.807, 2.05) is 0 Å². The van der Waals surface area contributed by atoms with Crippen molar-refractivity contribution >= 4 is 46.5 Å². The third-order valence-electron chi connectivity index (χ3n) is 4.66. The van der Waals surface area contributed by atoms with Crippen LogP contribution in [0.25, 0.3) is 17.4 Å². The fraction of sp³-hybridized carbons (Fsp3) is 0.0435. The van der Waals surface area contributed by atoms with Gasteiger partial charge in [-0.3, -0.25) is 9.69 Å². The quantitative estimate of drug-likeness (QED) is 0.548. The van der Waals surface area contributed by atoms with Crippen molar-refractivity contribution in [3.63, 3.8) is 0 Å². The first-order chi connectivity index (χ1) is 15.3. The second-order valence-electron chi connectivity index (χ2n) is 6.81. The summed E-state index contributed by atoms with van der Waals surface area (Å²) in [4.78, 5) is 40.8. The molecule has 0 saturated carbocycles. The van der Waals surface area contributed by atoms with Gasteiger partial charge in [0.2, 0.25) is 0 Å². The van der Waals surface area contributed by atoms with Crippen molar-refractivity contribution in [3.05, 3.63) is 82.5 Å². The van der Waals surface area contributed by atoms with Crippen molar-refractivity contribution in [1.82, 2.24) is 4.90 Å². The summed E-state index contributed by atoms with van der Waals surface area (Å²) in [6.45, 7) is 0. The lowest BCUT2D eigenvalue weighted by atomic mass is 10.1. The Balaban J connectivity index is 1.54. The first-order valence-electron chi connectivity index (χ1n) is 9.35. The minimum atomic E-state index is -1.02. The molecule has 1 aliphatic heterocycles. The number of carbonyl (C=O) groups is 3. The molecule has 0 radical (unpaired) electrons. The van der Waals surface area contributed by atoms with Gasteiger partial charge in [0.15, 0.2) is 5.17 Å². The summed E-state index contributed by atoms with van der Waals surface area (Å²) >= 11 is 1.18. The van der Waals surface area contributed by atoms with Gasteiger partial charge in [-0.2, -0.15) is 0 Å². The number of amidine groups is 1. The van der Waals surface area contributed by atoms with Gasteiger partial charge < -0.3 is 14.6 Å². The van der Waals surface area contributed by atoms with E-state index < -0.39 is 11.9 Å². The van der Waals surface area contributed by atoms with Crippen LogP contribution >= 0.6 is 11.8 Å². The van der Waals surface area contributed by atoms with Gasteiger partial charge in [0.05, 0.1) is 21.7 Å². The number of aromatic carboxylic acids is 2. The Labute approximate surface area is 186 Å². The molecule has 9 heteroatoms. The van der Waals surface area contributed by atoms with Crippen molar-refractivity contribution in [2.24, 2.45) is 4.99 Å². The van der Waals surface area contributed by atoms with Gasteiger partial charge in [-0.05, 0) is 60.3 Å². The van der Waals surface area contributed by atoms with Crippen LogP contribution in [0.2, 0.25) is 0 Å². The van der Waals surface area contributed by atoms with E-state index in [1.54, 1.807) is 49.5 Å². The maximum Gasteiger partial charge on any atom is 0.335 e. The Bertz CT molecular complexity index is 1270. The van der Waals surface area contributed by atoms with Gasteiger partial charge >= 0.3 is 11.9 Å². The predicted molar refractivity (Wildman–Crippen MR) is 120 cm³/mol. The molecule has 32 heavy (non-hydrogen) atoms. The molecule has 160 valence electrons. The molecule has 2 heterocycles. The third-order valence-corrected chi connectivity index (χ3v) is 5.72. The number of carboxylic acids is 2.